The summed E-state index contributed by atoms with van der Waals surface area (Å²) in [6.45, 7) is 0. The van der Waals surface area contributed by atoms with Crippen LogP contribution in [-0.2, 0) is 0 Å². The molecule has 1 atom stereocenters. The molecule has 0 spiro atoms. The first kappa shape index (κ1) is 12.1. The first-order valence-corrected chi connectivity index (χ1v) is 5.66. The van der Waals surface area contributed by atoms with Crippen LogP contribution in [0.5, 0.6) is 0 Å². The van der Waals surface area contributed by atoms with Crippen molar-refractivity contribution in [3.8, 4) is 0 Å². The molecule has 4 heteroatoms. The van der Waals surface area contributed by atoms with E-state index in [1.165, 1.54) is 6.07 Å². The lowest BCUT2D eigenvalue weighted by Crippen LogP contribution is -2.24. The average Bonchev–Trinajstić information content (AvgIpc) is 2.38. The van der Waals surface area contributed by atoms with Crippen LogP contribution in [0.1, 0.15) is 5.56 Å². The summed E-state index contributed by atoms with van der Waals surface area (Å²) in [5.41, 5.74) is 0.949. The third-order valence-corrected chi connectivity index (χ3v) is 2.78. The molecular formula is C14H14N2O2. The van der Waals surface area contributed by atoms with E-state index in [1.54, 1.807) is 12.1 Å². The van der Waals surface area contributed by atoms with Gasteiger partial charge in [0.15, 0.2) is 0 Å². The summed E-state index contributed by atoms with van der Waals surface area (Å²) < 4.78 is 0. The van der Waals surface area contributed by atoms with Gasteiger partial charge in [-0.25, -0.2) is 0 Å². The van der Waals surface area contributed by atoms with E-state index in [0.29, 0.717) is 0 Å². The van der Waals surface area contributed by atoms with Gasteiger partial charge in [-0.1, -0.05) is 36.4 Å². The van der Waals surface area contributed by atoms with Crippen LogP contribution in [0.3, 0.4) is 0 Å². The van der Waals surface area contributed by atoms with Crippen LogP contribution in [0.15, 0.2) is 54.8 Å². The molecule has 0 amide bonds. The highest BCUT2D eigenvalue weighted by Gasteiger charge is 2.07. The van der Waals surface area contributed by atoms with Crippen molar-refractivity contribution in [2.75, 3.05) is 7.05 Å². The first-order chi connectivity index (χ1) is 8.66. The Morgan fingerprint density at radius 3 is 2.94 bits per heavy atom. The number of nitro groups is 1. The van der Waals surface area contributed by atoms with Crippen LogP contribution in [-0.4, -0.2) is 22.9 Å². The second-order valence-electron chi connectivity index (χ2n) is 4.09. The molecule has 0 aliphatic carbocycles. The quantitative estimate of drug-likeness (QED) is 0.604. The number of non-ortho nitro benzene ring substituents is 1. The van der Waals surface area contributed by atoms with Gasteiger partial charge in [-0.15, -0.1) is 0 Å². The van der Waals surface area contributed by atoms with Crippen LogP contribution < -0.4 is 0 Å². The van der Waals surface area contributed by atoms with Gasteiger partial charge in [0.1, 0.15) is 0 Å². The highest BCUT2D eigenvalue weighted by atomic mass is 16.6. The van der Waals surface area contributed by atoms with E-state index in [2.05, 4.69) is 11.0 Å². The number of nitro benzene ring substituents is 1. The number of rotatable bonds is 3. The Morgan fingerprint density at radius 1 is 1.39 bits per heavy atom. The number of allylic oxidation sites excluding steroid dienone is 2. The van der Waals surface area contributed by atoms with E-state index in [-0.39, 0.29) is 16.7 Å². The Labute approximate surface area is 106 Å². The van der Waals surface area contributed by atoms with Gasteiger partial charge in [-0.2, -0.15) is 0 Å². The maximum Gasteiger partial charge on any atom is 0.270 e. The monoisotopic (exact) mass is 242 g/mol. The normalized spacial score (nSPS) is 18.5. The van der Waals surface area contributed by atoms with Crippen molar-refractivity contribution in [3.05, 3.63) is 70.4 Å². The minimum atomic E-state index is -0.382. The fourth-order valence-electron chi connectivity index (χ4n) is 1.75. The van der Waals surface area contributed by atoms with Gasteiger partial charge in [0.2, 0.25) is 0 Å². The Kier molecular flexibility index (Phi) is 3.57. The summed E-state index contributed by atoms with van der Waals surface area (Å²) in [6, 6.07) is 6.80. The van der Waals surface area contributed by atoms with Gasteiger partial charge >= 0.3 is 0 Å². The smallest absolute Gasteiger partial charge is 0.270 e. The second kappa shape index (κ2) is 5.31. The molecule has 2 rings (SSSR count). The number of hydrogen-bond donors (Lipinski definition) is 0. The van der Waals surface area contributed by atoms with Crippen molar-refractivity contribution in [3.63, 3.8) is 0 Å². The van der Waals surface area contributed by atoms with Crippen LogP contribution in [0.2, 0.25) is 0 Å². The molecule has 1 aromatic rings. The van der Waals surface area contributed by atoms with E-state index in [1.807, 2.05) is 43.6 Å². The predicted octanol–water partition coefficient (Wildman–Crippen LogP) is 2.99. The van der Waals surface area contributed by atoms with Crippen molar-refractivity contribution >= 4 is 11.8 Å². The maximum absolute atomic E-state index is 10.7. The molecule has 0 saturated carbocycles. The molecule has 0 aromatic heterocycles. The summed E-state index contributed by atoms with van der Waals surface area (Å²) >= 11 is 0. The Morgan fingerprint density at radius 2 is 2.22 bits per heavy atom. The number of likely N-dealkylation sites (N-methyl/N-ethyl adjacent to an activating group) is 1. The molecule has 0 radical (unpaired) electrons. The zero-order valence-corrected chi connectivity index (χ0v) is 10.1. The lowest BCUT2D eigenvalue weighted by atomic mass is 10.1. The predicted molar refractivity (Wildman–Crippen MR) is 72.0 cm³/mol. The zero-order chi connectivity index (χ0) is 13.0. The van der Waals surface area contributed by atoms with Crippen LogP contribution in [0.25, 0.3) is 6.08 Å². The van der Waals surface area contributed by atoms with Gasteiger partial charge < -0.3 is 4.90 Å². The average molecular weight is 242 g/mol. The summed E-state index contributed by atoms with van der Waals surface area (Å²) in [7, 11) is 1.99. The van der Waals surface area contributed by atoms with Crippen LogP contribution in [0, 0.1) is 10.1 Å². The van der Waals surface area contributed by atoms with Crippen molar-refractivity contribution < 1.29 is 4.92 Å². The topological polar surface area (TPSA) is 46.4 Å². The van der Waals surface area contributed by atoms with Crippen molar-refractivity contribution in [2.45, 2.75) is 6.04 Å². The van der Waals surface area contributed by atoms with Gasteiger partial charge in [0.25, 0.3) is 5.69 Å². The summed E-state index contributed by atoms with van der Waals surface area (Å²) in [5, 5.41) is 10.7. The Balaban J connectivity index is 2.14. The van der Waals surface area contributed by atoms with Gasteiger partial charge in [0, 0.05) is 19.2 Å². The number of nitrogens with zero attached hydrogens (tertiary/aromatic N) is 2. The van der Waals surface area contributed by atoms with E-state index >= 15 is 0 Å². The molecule has 18 heavy (non-hydrogen) atoms. The first-order valence-electron chi connectivity index (χ1n) is 5.66. The molecule has 1 heterocycles. The molecule has 0 N–H and O–H groups in total. The van der Waals surface area contributed by atoms with Gasteiger partial charge in [-0.3, -0.25) is 10.1 Å². The van der Waals surface area contributed by atoms with E-state index in [4.69, 9.17) is 0 Å². The van der Waals surface area contributed by atoms with Gasteiger partial charge in [0.05, 0.1) is 11.0 Å². The molecule has 4 nitrogen and oxygen atoms in total. The molecule has 92 valence electrons. The minimum Gasteiger partial charge on any atom is -0.371 e. The standard InChI is InChI=1S/C14H14N2O2/c1-15-10-3-2-6-13(15)9-8-12-5-4-7-14(11-12)16(17)18/h2-11,13H,1H3/b9-8+. The fourth-order valence-corrected chi connectivity index (χ4v) is 1.75. The zero-order valence-electron chi connectivity index (χ0n) is 10.1. The number of hydrogen-bond acceptors (Lipinski definition) is 3. The van der Waals surface area contributed by atoms with Crippen molar-refractivity contribution in [1.82, 2.24) is 4.90 Å². The molecule has 0 fully saturated rings. The molecular weight excluding hydrogens is 228 g/mol. The largest absolute Gasteiger partial charge is 0.371 e. The van der Waals surface area contributed by atoms with Crippen molar-refractivity contribution in [1.29, 1.82) is 0 Å². The molecule has 1 aromatic carbocycles. The highest BCUT2D eigenvalue weighted by Crippen LogP contribution is 2.15. The minimum absolute atomic E-state index is 0.115. The van der Waals surface area contributed by atoms with Crippen molar-refractivity contribution in [2.24, 2.45) is 0 Å². The molecule has 1 aliphatic heterocycles. The molecule has 1 unspecified atom stereocenters. The van der Waals surface area contributed by atoms with Crippen LogP contribution >= 0.6 is 0 Å². The summed E-state index contributed by atoms with van der Waals surface area (Å²) in [5.74, 6) is 0. The maximum atomic E-state index is 10.7. The fraction of sp³-hybridized carbons (Fsp3) is 0.143. The second-order valence-corrected chi connectivity index (χ2v) is 4.09. The summed E-state index contributed by atoms with van der Waals surface area (Å²) in [6.07, 6.45) is 11.9. The SMILES string of the molecule is CN1C=CC=CC1/C=C/c1cccc([N+](=O)[O-])c1. The number of benzene rings is 1. The molecule has 1 aliphatic rings. The molecule has 0 saturated heterocycles. The third-order valence-electron chi connectivity index (χ3n) is 2.78. The molecule has 0 bridgehead atoms. The van der Waals surface area contributed by atoms with E-state index < -0.39 is 0 Å². The van der Waals surface area contributed by atoms with E-state index in [9.17, 15) is 10.1 Å². The summed E-state index contributed by atoms with van der Waals surface area (Å²) in [4.78, 5) is 12.3. The lowest BCUT2D eigenvalue weighted by Gasteiger charge is -2.23. The van der Waals surface area contributed by atoms with Gasteiger partial charge in [-0.05, 0) is 17.8 Å². The van der Waals surface area contributed by atoms with E-state index in [0.717, 1.165) is 5.56 Å². The Bertz CT molecular complexity index is 532. The highest BCUT2D eigenvalue weighted by molar-refractivity contribution is 5.54. The third kappa shape index (κ3) is 2.85. The van der Waals surface area contributed by atoms with Crippen LogP contribution in [0.4, 0.5) is 5.69 Å². The Hall–Kier alpha value is -2.36. The lowest BCUT2D eigenvalue weighted by molar-refractivity contribution is -0.384.